The summed E-state index contributed by atoms with van der Waals surface area (Å²) in [6, 6.07) is 3.81. The second-order valence-electron chi connectivity index (χ2n) is 8.47. The molecule has 6 rings (SSSR count). The van der Waals surface area contributed by atoms with Crippen LogP contribution in [-0.4, -0.2) is 65.8 Å². The molecule has 2 saturated carbocycles. The molecule has 0 amide bonds. The average molecular weight is 374 g/mol. The number of aromatic hydroxyl groups is 1. The lowest BCUT2D eigenvalue weighted by Crippen LogP contribution is -2.93. The largest absolute Gasteiger partial charge is 0.507 e. The van der Waals surface area contributed by atoms with Crippen LogP contribution in [0.25, 0.3) is 0 Å². The van der Waals surface area contributed by atoms with Gasteiger partial charge in [-0.15, -0.1) is 0 Å². The standard InChI is InChI=1S/C19H18O8/c1-15-7-11(21)18(26)16(24,8-15)5-6-17(25)14(23)12-9(3-2-4-10(12)20)13(22)19(17,18)27-15/h2-4,20,24-26H,5-8H2,1H3. The lowest BCUT2D eigenvalue weighted by Gasteiger charge is -2.71. The number of benzene rings is 1. The highest BCUT2D eigenvalue weighted by Crippen LogP contribution is 2.66. The summed E-state index contributed by atoms with van der Waals surface area (Å²) in [5, 5.41) is 44.1. The second kappa shape index (κ2) is 4.30. The number of carbonyl (C=O) groups excluding carboxylic acids is 3. The first kappa shape index (κ1) is 17.0. The molecule has 8 heteroatoms. The number of hydrogen-bond acceptors (Lipinski definition) is 8. The van der Waals surface area contributed by atoms with Gasteiger partial charge in [0.05, 0.1) is 11.2 Å². The SMILES string of the molecule is CC12CC(=O)C3(O)C(O)(CCC4(O)C(=O)c5c(O)cccc5C(=O)C43O1)C2. The molecule has 0 aromatic heterocycles. The lowest BCUT2D eigenvalue weighted by molar-refractivity contribution is -0.377. The van der Waals surface area contributed by atoms with Crippen LogP contribution in [0.4, 0.5) is 0 Å². The minimum Gasteiger partial charge on any atom is -0.507 e. The third kappa shape index (κ3) is 1.45. The van der Waals surface area contributed by atoms with Crippen LogP contribution in [0.2, 0.25) is 0 Å². The smallest absolute Gasteiger partial charge is 0.206 e. The van der Waals surface area contributed by atoms with Crippen molar-refractivity contribution >= 4 is 17.3 Å². The Morgan fingerprint density at radius 1 is 1.04 bits per heavy atom. The number of hydrogen-bond donors (Lipinski definition) is 4. The average Bonchev–Trinajstić information content (AvgIpc) is 2.58. The van der Waals surface area contributed by atoms with E-state index in [9.17, 15) is 34.8 Å². The van der Waals surface area contributed by atoms with Gasteiger partial charge in [0.25, 0.3) is 0 Å². The summed E-state index contributed by atoms with van der Waals surface area (Å²) in [5.74, 6) is -3.32. The number of fused-ring (bicyclic) bond motifs is 2. The summed E-state index contributed by atoms with van der Waals surface area (Å²) in [6.07, 6.45) is -1.02. The highest BCUT2D eigenvalue weighted by molar-refractivity contribution is 6.26. The van der Waals surface area contributed by atoms with Crippen molar-refractivity contribution in [3.05, 3.63) is 29.3 Å². The number of aliphatic hydroxyl groups is 3. The number of phenols is 1. The van der Waals surface area contributed by atoms with Crippen molar-refractivity contribution in [2.45, 2.75) is 60.6 Å². The number of rotatable bonds is 0. The second-order valence-corrected chi connectivity index (χ2v) is 8.47. The maximum Gasteiger partial charge on any atom is 0.206 e. The predicted octanol–water partition coefficient (Wildman–Crippen LogP) is -0.351. The Balaban J connectivity index is 1.91. The van der Waals surface area contributed by atoms with Crippen LogP contribution in [0, 0.1) is 0 Å². The van der Waals surface area contributed by atoms with Gasteiger partial charge in [-0.3, -0.25) is 14.4 Å². The Kier molecular flexibility index (Phi) is 2.71. The highest BCUT2D eigenvalue weighted by atomic mass is 16.6. The molecule has 8 nitrogen and oxygen atoms in total. The first-order valence-corrected chi connectivity index (χ1v) is 8.78. The fraction of sp³-hybridized carbons (Fsp3) is 0.526. The molecule has 5 atom stereocenters. The van der Waals surface area contributed by atoms with Crippen LogP contribution >= 0.6 is 0 Å². The summed E-state index contributed by atoms with van der Waals surface area (Å²) >= 11 is 0. The van der Waals surface area contributed by atoms with Crippen molar-refractivity contribution in [1.82, 2.24) is 0 Å². The minimum atomic E-state index is -2.76. The van der Waals surface area contributed by atoms with Gasteiger partial charge in [0.2, 0.25) is 17.2 Å². The quantitative estimate of drug-likeness (QED) is 0.483. The molecule has 2 heterocycles. The zero-order valence-corrected chi connectivity index (χ0v) is 14.5. The lowest BCUT2D eigenvalue weighted by atomic mass is 9.43. The van der Waals surface area contributed by atoms with Crippen molar-refractivity contribution in [1.29, 1.82) is 0 Å². The van der Waals surface area contributed by atoms with Crippen LogP contribution in [0.5, 0.6) is 5.75 Å². The Morgan fingerprint density at radius 3 is 2.44 bits per heavy atom. The molecule has 5 unspecified atom stereocenters. The Hall–Kier alpha value is -2.13. The van der Waals surface area contributed by atoms with Crippen LogP contribution in [0.3, 0.4) is 0 Å². The van der Waals surface area contributed by atoms with E-state index in [0.717, 1.165) is 0 Å². The maximum absolute atomic E-state index is 13.5. The Labute approximate surface area is 153 Å². The predicted molar refractivity (Wildman–Crippen MR) is 87.3 cm³/mol. The van der Waals surface area contributed by atoms with E-state index in [0.29, 0.717) is 0 Å². The van der Waals surface area contributed by atoms with E-state index in [1.807, 2.05) is 0 Å². The number of phenolic OH excluding ortho intramolecular Hbond substituents is 1. The van der Waals surface area contributed by atoms with Gasteiger partial charge in [0.15, 0.2) is 17.0 Å². The zero-order chi connectivity index (χ0) is 19.6. The monoisotopic (exact) mass is 374 g/mol. The van der Waals surface area contributed by atoms with Gasteiger partial charge < -0.3 is 25.2 Å². The van der Waals surface area contributed by atoms with E-state index in [1.54, 1.807) is 0 Å². The van der Waals surface area contributed by atoms with Gasteiger partial charge in [-0.2, -0.15) is 0 Å². The van der Waals surface area contributed by atoms with E-state index < -0.39 is 57.5 Å². The van der Waals surface area contributed by atoms with Gasteiger partial charge in [0.1, 0.15) is 11.4 Å². The normalized spacial score (nSPS) is 47.6. The number of carbonyl (C=O) groups is 3. The molecule has 2 aliphatic heterocycles. The van der Waals surface area contributed by atoms with E-state index >= 15 is 0 Å². The van der Waals surface area contributed by atoms with E-state index in [-0.39, 0.29) is 30.4 Å². The number of Topliss-reactive ketones (excluding diaryl/α,β-unsaturated/α-hetero) is 3. The molecule has 0 radical (unpaired) electrons. The van der Waals surface area contributed by atoms with Crippen molar-refractivity contribution in [2.24, 2.45) is 0 Å². The topological polar surface area (TPSA) is 141 Å². The number of ether oxygens (including phenoxy) is 1. The van der Waals surface area contributed by atoms with Gasteiger partial charge >= 0.3 is 0 Å². The van der Waals surface area contributed by atoms with Gasteiger partial charge in [-0.05, 0) is 25.8 Å². The van der Waals surface area contributed by atoms with Crippen molar-refractivity contribution in [2.75, 3.05) is 0 Å². The molecule has 4 N–H and O–H groups in total. The maximum atomic E-state index is 13.5. The fourth-order valence-electron chi connectivity index (χ4n) is 5.83. The molecule has 3 aliphatic carbocycles. The Morgan fingerprint density at radius 2 is 1.74 bits per heavy atom. The summed E-state index contributed by atoms with van der Waals surface area (Å²) in [7, 11) is 0. The highest BCUT2D eigenvalue weighted by Gasteiger charge is 2.88. The van der Waals surface area contributed by atoms with Crippen LogP contribution in [0.15, 0.2) is 18.2 Å². The van der Waals surface area contributed by atoms with Crippen molar-refractivity contribution < 1.29 is 39.5 Å². The molecule has 27 heavy (non-hydrogen) atoms. The number of ketones is 3. The summed E-state index contributed by atoms with van der Waals surface area (Å²) in [4.78, 5) is 39.7. The summed E-state index contributed by atoms with van der Waals surface area (Å²) < 4.78 is 5.92. The molecule has 1 aromatic rings. The van der Waals surface area contributed by atoms with Crippen molar-refractivity contribution in [3.63, 3.8) is 0 Å². The summed E-state index contributed by atoms with van der Waals surface area (Å²) in [5.41, 5.74) is -12.0. The molecule has 5 aliphatic rings. The molecule has 4 fully saturated rings. The van der Waals surface area contributed by atoms with Crippen LogP contribution < -0.4 is 0 Å². The summed E-state index contributed by atoms with van der Waals surface area (Å²) in [6.45, 7) is 1.51. The fourth-order valence-corrected chi connectivity index (χ4v) is 5.83. The third-order valence-corrected chi connectivity index (χ3v) is 6.88. The van der Waals surface area contributed by atoms with Gasteiger partial charge in [-0.25, -0.2) is 0 Å². The first-order chi connectivity index (χ1) is 12.5. The Bertz CT molecular complexity index is 970. The first-order valence-electron chi connectivity index (χ1n) is 8.78. The molecule has 2 saturated heterocycles. The minimum absolute atomic E-state index is 0.103. The molecule has 4 bridgehead atoms. The van der Waals surface area contributed by atoms with Crippen LogP contribution in [-0.2, 0) is 9.53 Å². The molecule has 1 aromatic carbocycles. The van der Waals surface area contributed by atoms with Gasteiger partial charge in [-0.1, -0.05) is 12.1 Å². The van der Waals surface area contributed by atoms with E-state index in [1.165, 1.54) is 25.1 Å². The van der Waals surface area contributed by atoms with Crippen LogP contribution in [0.1, 0.15) is 53.3 Å². The van der Waals surface area contributed by atoms with E-state index in [2.05, 4.69) is 0 Å². The third-order valence-electron chi connectivity index (χ3n) is 6.88. The van der Waals surface area contributed by atoms with Crippen molar-refractivity contribution in [3.8, 4) is 5.75 Å². The molecule has 142 valence electrons. The zero-order valence-electron chi connectivity index (χ0n) is 14.5. The van der Waals surface area contributed by atoms with Gasteiger partial charge in [0, 0.05) is 18.4 Å². The molecule has 1 spiro atoms. The molecular formula is C19H18O8. The van der Waals surface area contributed by atoms with E-state index in [4.69, 9.17) is 4.74 Å². The molecular weight excluding hydrogens is 356 g/mol.